The van der Waals surface area contributed by atoms with Crippen molar-refractivity contribution in [2.45, 2.75) is 38.8 Å². The number of alkyl halides is 3. The molecule has 1 aromatic heterocycles. The summed E-state index contributed by atoms with van der Waals surface area (Å²) < 4.78 is 43.7. The van der Waals surface area contributed by atoms with Crippen molar-refractivity contribution >= 4 is 0 Å². The van der Waals surface area contributed by atoms with Gasteiger partial charge in [-0.05, 0) is 43.1 Å². The van der Waals surface area contributed by atoms with E-state index in [9.17, 15) is 13.2 Å². The highest BCUT2D eigenvalue weighted by Gasteiger charge is 2.30. The number of halogens is 3. The molecule has 3 rings (SSSR count). The van der Waals surface area contributed by atoms with E-state index in [-0.39, 0.29) is 5.75 Å². The molecule has 148 valence electrons. The zero-order valence-electron chi connectivity index (χ0n) is 15.7. The molecule has 0 amide bonds. The summed E-state index contributed by atoms with van der Waals surface area (Å²) in [5, 5.41) is 7.46. The minimum atomic E-state index is -4.36. The van der Waals surface area contributed by atoms with Gasteiger partial charge in [-0.3, -0.25) is 5.10 Å². The molecule has 0 saturated carbocycles. The summed E-state index contributed by atoms with van der Waals surface area (Å²) in [6.07, 6.45) is -2.67. The van der Waals surface area contributed by atoms with E-state index in [0.717, 1.165) is 49.6 Å². The van der Waals surface area contributed by atoms with Crippen LogP contribution in [-0.4, -0.2) is 41.3 Å². The molecule has 0 bridgehead atoms. The van der Waals surface area contributed by atoms with Crippen molar-refractivity contribution in [3.63, 3.8) is 0 Å². The Balaban J connectivity index is 1.49. The van der Waals surface area contributed by atoms with E-state index in [1.54, 1.807) is 0 Å². The van der Waals surface area contributed by atoms with Gasteiger partial charge in [0.05, 0.1) is 17.9 Å². The molecule has 1 aliphatic rings. The highest BCUT2D eigenvalue weighted by Crippen LogP contribution is 2.31. The molecule has 1 aromatic carbocycles. The van der Waals surface area contributed by atoms with Crippen molar-refractivity contribution in [3.05, 3.63) is 47.3 Å². The van der Waals surface area contributed by atoms with Crippen LogP contribution in [0.15, 0.2) is 30.3 Å². The second-order valence-corrected chi connectivity index (χ2v) is 7.58. The Hall–Kier alpha value is -2.02. The third-order valence-corrected chi connectivity index (χ3v) is 4.77. The molecule has 2 heterocycles. The van der Waals surface area contributed by atoms with Gasteiger partial charge in [0, 0.05) is 31.1 Å². The fourth-order valence-corrected chi connectivity index (χ4v) is 3.51. The van der Waals surface area contributed by atoms with E-state index in [0.29, 0.717) is 24.9 Å². The second kappa shape index (κ2) is 8.33. The number of ether oxygens (including phenoxy) is 1. The average Bonchev–Trinajstić information content (AvgIpc) is 3.23. The third-order valence-electron chi connectivity index (χ3n) is 4.77. The summed E-state index contributed by atoms with van der Waals surface area (Å²) in [4.78, 5) is 2.47. The number of nitrogens with zero attached hydrogens (tertiary/aromatic N) is 2. The third kappa shape index (κ3) is 5.48. The molecule has 1 N–H and O–H groups in total. The zero-order valence-corrected chi connectivity index (χ0v) is 15.7. The number of benzene rings is 1. The monoisotopic (exact) mass is 381 g/mol. The van der Waals surface area contributed by atoms with E-state index in [2.05, 4.69) is 35.0 Å². The summed E-state index contributed by atoms with van der Waals surface area (Å²) in [5.74, 6) is 1.33. The number of nitrogens with one attached hydrogen (secondary N) is 1. The molecule has 4 nitrogen and oxygen atoms in total. The van der Waals surface area contributed by atoms with Crippen molar-refractivity contribution in [2.75, 3.05) is 26.2 Å². The Morgan fingerprint density at radius 1 is 1.30 bits per heavy atom. The average molecular weight is 381 g/mol. The quantitative estimate of drug-likeness (QED) is 0.768. The van der Waals surface area contributed by atoms with Crippen LogP contribution in [0.4, 0.5) is 13.2 Å². The Morgan fingerprint density at radius 3 is 2.85 bits per heavy atom. The first kappa shape index (κ1) is 19.7. The normalized spacial score (nSPS) is 18.4. The standard InChI is InChI=1S/C20H26F3N3O/c1-14(2)12-26-8-6-15(13-26)19-11-17(24-25-19)7-9-27-18-5-3-4-16(10-18)20(21,22)23/h3-5,10-11,14-15H,6-9,12-13H2,1-2H3,(H,24,25)/t15-/m1/s1. The van der Waals surface area contributed by atoms with Crippen molar-refractivity contribution in [3.8, 4) is 5.75 Å². The smallest absolute Gasteiger partial charge is 0.416 e. The van der Waals surface area contributed by atoms with Gasteiger partial charge in [-0.2, -0.15) is 18.3 Å². The van der Waals surface area contributed by atoms with Gasteiger partial charge in [-0.1, -0.05) is 19.9 Å². The van der Waals surface area contributed by atoms with Crippen LogP contribution >= 0.6 is 0 Å². The number of H-pyrrole nitrogens is 1. The summed E-state index contributed by atoms with van der Waals surface area (Å²) in [5.41, 5.74) is 1.31. The fraction of sp³-hybridized carbons (Fsp3) is 0.550. The van der Waals surface area contributed by atoms with Crippen molar-refractivity contribution in [1.29, 1.82) is 0 Å². The predicted molar refractivity (Wildman–Crippen MR) is 97.9 cm³/mol. The van der Waals surface area contributed by atoms with Crippen LogP contribution in [0.25, 0.3) is 0 Å². The first-order chi connectivity index (χ1) is 12.8. The van der Waals surface area contributed by atoms with Gasteiger partial charge in [0.25, 0.3) is 0 Å². The van der Waals surface area contributed by atoms with Crippen molar-refractivity contribution in [1.82, 2.24) is 15.1 Å². The molecular weight excluding hydrogens is 355 g/mol. The lowest BCUT2D eigenvalue weighted by Gasteiger charge is -2.17. The number of hydrogen-bond acceptors (Lipinski definition) is 3. The number of likely N-dealkylation sites (tertiary alicyclic amines) is 1. The van der Waals surface area contributed by atoms with E-state index in [4.69, 9.17) is 4.74 Å². The molecule has 0 radical (unpaired) electrons. The number of aromatic nitrogens is 2. The van der Waals surface area contributed by atoms with Gasteiger partial charge >= 0.3 is 6.18 Å². The second-order valence-electron chi connectivity index (χ2n) is 7.58. The van der Waals surface area contributed by atoms with Gasteiger partial charge in [0.1, 0.15) is 5.75 Å². The van der Waals surface area contributed by atoms with Crippen LogP contribution in [0.3, 0.4) is 0 Å². The molecule has 0 aliphatic carbocycles. The predicted octanol–water partition coefficient (Wildman–Crippen LogP) is 4.50. The maximum Gasteiger partial charge on any atom is 0.416 e. The molecule has 2 aromatic rings. The number of aromatic amines is 1. The molecule has 1 atom stereocenters. The Morgan fingerprint density at radius 2 is 2.11 bits per heavy atom. The molecule has 0 spiro atoms. The van der Waals surface area contributed by atoms with Gasteiger partial charge in [-0.15, -0.1) is 0 Å². The summed E-state index contributed by atoms with van der Waals surface area (Å²) in [6, 6.07) is 7.02. The molecule has 1 aliphatic heterocycles. The zero-order chi connectivity index (χ0) is 19.4. The van der Waals surface area contributed by atoms with Crippen LogP contribution in [-0.2, 0) is 12.6 Å². The Labute approximate surface area is 157 Å². The van der Waals surface area contributed by atoms with Gasteiger partial charge < -0.3 is 9.64 Å². The number of hydrogen-bond donors (Lipinski definition) is 1. The van der Waals surface area contributed by atoms with Crippen LogP contribution in [0.1, 0.15) is 43.1 Å². The topological polar surface area (TPSA) is 41.1 Å². The Kier molecular flexibility index (Phi) is 6.09. The van der Waals surface area contributed by atoms with Crippen LogP contribution in [0.5, 0.6) is 5.75 Å². The highest BCUT2D eigenvalue weighted by molar-refractivity contribution is 5.30. The molecular formula is C20H26F3N3O. The fourth-order valence-electron chi connectivity index (χ4n) is 3.51. The highest BCUT2D eigenvalue weighted by atomic mass is 19.4. The minimum Gasteiger partial charge on any atom is -0.493 e. The molecule has 1 fully saturated rings. The first-order valence-electron chi connectivity index (χ1n) is 9.38. The summed E-state index contributed by atoms with van der Waals surface area (Å²) >= 11 is 0. The molecule has 0 unspecified atom stereocenters. The molecule has 7 heteroatoms. The Bertz CT molecular complexity index is 742. The van der Waals surface area contributed by atoms with Crippen molar-refractivity contribution in [2.24, 2.45) is 5.92 Å². The SMILES string of the molecule is CC(C)CN1CC[C@@H](c2cc(CCOc3cccc(C(F)(F)F)c3)[nH]n2)C1. The van der Waals surface area contributed by atoms with Gasteiger partial charge in [-0.25, -0.2) is 0 Å². The maximum absolute atomic E-state index is 12.7. The lowest BCUT2D eigenvalue weighted by Crippen LogP contribution is -2.24. The number of rotatable bonds is 7. The van der Waals surface area contributed by atoms with Crippen LogP contribution in [0.2, 0.25) is 0 Å². The molecule has 1 saturated heterocycles. The van der Waals surface area contributed by atoms with E-state index >= 15 is 0 Å². The summed E-state index contributed by atoms with van der Waals surface area (Å²) in [7, 11) is 0. The van der Waals surface area contributed by atoms with E-state index < -0.39 is 11.7 Å². The lowest BCUT2D eigenvalue weighted by molar-refractivity contribution is -0.137. The van der Waals surface area contributed by atoms with E-state index in [1.807, 2.05) is 0 Å². The minimum absolute atomic E-state index is 0.227. The van der Waals surface area contributed by atoms with Gasteiger partial charge in [0.2, 0.25) is 0 Å². The summed E-state index contributed by atoms with van der Waals surface area (Å²) in [6.45, 7) is 7.99. The molecule has 27 heavy (non-hydrogen) atoms. The van der Waals surface area contributed by atoms with Crippen LogP contribution in [0, 0.1) is 5.92 Å². The largest absolute Gasteiger partial charge is 0.493 e. The van der Waals surface area contributed by atoms with E-state index in [1.165, 1.54) is 12.1 Å². The van der Waals surface area contributed by atoms with Crippen molar-refractivity contribution < 1.29 is 17.9 Å². The van der Waals surface area contributed by atoms with Gasteiger partial charge in [0.15, 0.2) is 0 Å². The van der Waals surface area contributed by atoms with Crippen LogP contribution < -0.4 is 4.74 Å². The maximum atomic E-state index is 12.7. The lowest BCUT2D eigenvalue weighted by atomic mass is 10.0. The first-order valence-corrected chi connectivity index (χ1v) is 9.38.